The zero-order valence-corrected chi connectivity index (χ0v) is 17.7. The Balaban J connectivity index is 2.07. The molecule has 0 saturated heterocycles. The largest absolute Gasteiger partial charge is 0.549 e. The van der Waals surface area contributed by atoms with E-state index in [2.05, 4.69) is 0 Å². The molecule has 1 aliphatic carbocycles. The molecule has 0 spiro atoms. The molecule has 32 heavy (non-hydrogen) atoms. The van der Waals surface area contributed by atoms with Gasteiger partial charge in [0.15, 0.2) is 11.6 Å². The van der Waals surface area contributed by atoms with Gasteiger partial charge in [-0.3, -0.25) is 0 Å². The van der Waals surface area contributed by atoms with Crippen molar-refractivity contribution in [3.63, 3.8) is 0 Å². The van der Waals surface area contributed by atoms with Crippen molar-refractivity contribution in [2.24, 2.45) is 16.7 Å². The molecule has 0 heterocycles. The minimum absolute atomic E-state index is 0.0659. The molecule has 1 aliphatic rings. The van der Waals surface area contributed by atoms with Gasteiger partial charge in [-0.15, -0.1) is 0 Å². The Morgan fingerprint density at radius 1 is 1.25 bits per heavy atom. The molecule has 0 N–H and O–H groups in total. The highest BCUT2D eigenvalue weighted by Gasteiger charge is 2.75. The Kier molecular flexibility index (Phi) is 6.00. The molecule has 4 nitrogen and oxygen atoms in total. The number of nitriles is 1. The van der Waals surface area contributed by atoms with Crippen LogP contribution in [0.4, 0.5) is 17.6 Å². The van der Waals surface area contributed by atoms with Crippen LogP contribution in [0.3, 0.4) is 0 Å². The summed E-state index contributed by atoms with van der Waals surface area (Å²) in [6, 6.07) is 13.4. The van der Waals surface area contributed by atoms with E-state index in [0.29, 0.717) is 11.8 Å². The molecule has 9 heteroatoms. The minimum Gasteiger partial charge on any atom is -0.549 e. The first-order valence-corrected chi connectivity index (χ1v) is 9.83. The average Bonchev–Trinajstić information content (AvgIpc) is 3.20. The summed E-state index contributed by atoms with van der Waals surface area (Å²) in [7, 11) is 0. The number of carbonyl (C=O) groups is 1. The van der Waals surface area contributed by atoms with Gasteiger partial charge in [-0.1, -0.05) is 55.8 Å². The molecular formula is C23H17ClF4NO3-. The van der Waals surface area contributed by atoms with Crippen LogP contribution in [0.1, 0.15) is 25.3 Å². The normalized spacial score (nSPS) is 23.2. The summed E-state index contributed by atoms with van der Waals surface area (Å²) in [5, 5.41) is 20.6. The van der Waals surface area contributed by atoms with Crippen LogP contribution < -0.4 is 9.84 Å². The van der Waals surface area contributed by atoms with Gasteiger partial charge in [0.2, 0.25) is 0 Å². The van der Waals surface area contributed by atoms with Gasteiger partial charge >= 0.3 is 6.18 Å². The van der Waals surface area contributed by atoms with Crippen LogP contribution in [0, 0.1) is 33.9 Å². The highest BCUT2D eigenvalue weighted by atomic mass is 35.5. The number of ether oxygens (including phenoxy) is 1. The van der Waals surface area contributed by atoms with Gasteiger partial charge in [-0.2, -0.15) is 18.4 Å². The number of benzene rings is 2. The fourth-order valence-corrected chi connectivity index (χ4v) is 4.44. The number of para-hydroxylation sites is 1. The maximum absolute atomic E-state index is 14.3. The first-order valence-electron chi connectivity index (χ1n) is 9.45. The third-order valence-electron chi connectivity index (χ3n) is 6.02. The molecule has 1 fully saturated rings. The molecule has 0 bridgehead atoms. The molecule has 0 aromatic heterocycles. The molecule has 3 rings (SSSR count). The first kappa shape index (κ1) is 23.6. The summed E-state index contributed by atoms with van der Waals surface area (Å²) in [6.07, 6.45) is -4.26. The smallest absolute Gasteiger partial charge is 0.426 e. The number of halogens is 5. The Hall–Kier alpha value is -3.05. The van der Waals surface area contributed by atoms with E-state index in [9.17, 15) is 32.7 Å². The van der Waals surface area contributed by atoms with Crippen molar-refractivity contribution in [2.45, 2.75) is 25.9 Å². The summed E-state index contributed by atoms with van der Waals surface area (Å²) >= 11 is 5.35. The number of hydrogen-bond donors (Lipinski definition) is 0. The summed E-state index contributed by atoms with van der Waals surface area (Å²) in [4.78, 5) is 12.2. The first-order chi connectivity index (χ1) is 14.9. The van der Waals surface area contributed by atoms with Gasteiger partial charge in [0, 0.05) is 5.41 Å². The fourth-order valence-electron chi connectivity index (χ4n) is 4.31. The lowest BCUT2D eigenvalue weighted by atomic mass is 9.78. The number of aliphatic carboxylic acids is 1. The Labute approximate surface area is 186 Å². The standard InChI is InChI=1S/C23H18ClF4NO3/c1-21(2)18(11-19(24)23(26,27)28)22(21,20(30)31)15(12-29)13-8-9-16(25)17(10-13)32-14-6-4-3-5-7-14/h3-11,15,18H,1-2H3,(H,30,31)/p-1/b19-11-. The van der Waals surface area contributed by atoms with Crippen LogP contribution in [0.25, 0.3) is 0 Å². The van der Waals surface area contributed by atoms with Crippen molar-refractivity contribution in [3.05, 3.63) is 71.0 Å². The van der Waals surface area contributed by atoms with Crippen molar-refractivity contribution >= 4 is 17.6 Å². The van der Waals surface area contributed by atoms with E-state index in [0.717, 1.165) is 6.07 Å². The van der Waals surface area contributed by atoms with Crippen LogP contribution >= 0.6 is 11.6 Å². The van der Waals surface area contributed by atoms with Gasteiger partial charge in [-0.05, 0) is 41.2 Å². The zero-order chi connectivity index (χ0) is 23.9. The van der Waals surface area contributed by atoms with Crippen molar-refractivity contribution < 1.29 is 32.2 Å². The Morgan fingerprint density at radius 3 is 2.41 bits per heavy atom. The van der Waals surface area contributed by atoms with Gasteiger partial charge in [-0.25, -0.2) is 4.39 Å². The van der Waals surface area contributed by atoms with Gasteiger partial charge in [0.05, 0.1) is 18.0 Å². The van der Waals surface area contributed by atoms with E-state index in [-0.39, 0.29) is 11.3 Å². The van der Waals surface area contributed by atoms with Gasteiger partial charge < -0.3 is 14.6 Å². The quantitative estimate of drug-likeness (QED) is 0.541. The summed E-state index contributed by atoms with van der Waals surface area (Å²) in [6.45, 7) is 2.83. The van der Waals surface area contributed by atoms with Crippen LogP contribution in [-0.2, 0) is 4.79 Å². The van der Waals surface area contributed by atoms with E-state index in [1.807, 2.05) is 6.07 Å². The van der Waals surface area contributed by atoms with Crippen molar-refractivity contribution in [3.8, 4) is 17.6 Å². The predicted octanol–water partition coefficient (Wildman–Crippen LogP) is 5.30. The second-order valence-corrected chi connectivity index (χ2v) is 8.44. The maximum atomic E-state index is 14.3. The molecule has 2 aromatic carbocycles. The lowest BCUT2D eigenvalue weighted by Crippen LogP contribution is -2.40. The number of allylic oxidation sites excluding steroid dienone is 2. The summed E-state index contributed by atoms with van der Waals surface area (Å²) in [5.41, 5.74) is -3.25. The number of carboxylic acids is 1. The molecule has 0 amide bonds. The van der Waals surface area contributed by atoms with E-state index >= 15 is 0 Å². The molecule has 168 valence electrons. The lowest BCUT2D eigenvalue weighted by molar-refractivity contribution is -0.316. The number of rotatable bonds is 6. The topological polar surface area (TPSA) is 73.1 Å². The number of alkyl halides is 3. The summed E-state index contributed by atoms with van der Waals surface area (Å²) in [5.74, 6) is -5.12. The second-order valence-electron chi connectivity index (χ2n) is 8.04. The van der Waals surface area contributed by atoms with E-state index in [4.69, 9.17) is 16.3 Å². The Bertz CT molecular complexity index is 1110. The molecule has 2 aromatic rings. The summed E-state index contributed by atoms with van der Waals surface area (Å²) < 4.78 is 58.7. The van der Waals surface area contributed by atoms with Gasteiger partial charge in [0.25, 0.3) is 0 Å². The lowest BCUT2D eigenvalue weighted by Gasteiger charge is -2.27. The molecule has 0 aliphatic heterocycles. The van der Waals surface area contributed by atoms with E-state index in [1.54, 1.807) is 30.3 Å². The molecule has 1 saturated carbocycles. The maximum Gasteiger partial charge on any atom is 0.426 e. The number of hydrogen-bond acceptors (Lipinski definition) is 4. The van der Waals surface area contributed by atoms with Crippen LogP contribution in [0.5, 0.6) is 11.5 Å². The zero-order valence-electron chi connectivity index (χ0n) is 16.9. The molecule has 0 radical (unpaired) electrons. The number of carbonyl (C=O) groups excluding carboxylic acids is 1. The Morgan fingerprint density at radius 2 is 1.88 bits per heavy atom. The van der Waals surface area contributed by atoms with Crippen molar-refractivity contribution in [1.82, 2.24) is 0 Å². The SMILES string of the molecule is CC1(C)C(/C=C(\Cl)C(F)(F)F)C1(C(=O)[O-])C(C#N)c1ccc(F)c(Oc2ccccc2)c1. The minimum atomic E-state index is -4.87. The van der Waals surface area contributed by atoms with Gasteiger partial charge in [0.1, 0.15) is 10.8 Å². The molecular weight excluding hydrogens is 450 g/mol. The van der Waals surface area contributed by atoms with Crippen LogP contribution in [0.2, 0.25) is 0 Å². The van der Waals surface area contributed by atoms with E-state index < -0.39 is 45.7 Å². The monoisotopic (exact) mass is 466 g/mol. The number of carboxylic acid groups (broad SMARTS) is 1. The van der Waals surface area contributed by atoms with E-state index in [1.165, 1.54) is 26.0 Å². The van der Waals surface area contributed by atoms with Crippen LogP contribution in [-0.4, -0.2) is 12.1 Å². The third-order valence-corrected chi connectivity index (χ3v) is 6.36. The highest BCUT2D eigenvalue weighted by molar-refractivity contribution is 6.30. The van der Waals surface area contributed by atoms with Crippen LogP contribution in [0.15, 0.2) is 59.6 Å². The number of nitrogens with zero attached hydrogens (tertiary/aromatic N) is 1. The second kappa shape index (κ2) is 8.14. The average molecular weight is 467 g/mol. The highest BCUT2D eigenvalue weighted by Crippen LogP contribution is 2.75. The van der Waals surface area contributed by atoms with Crippen molar-refractivity contribution in [2.75, 3.05) is 0 Å². The predicted molar refractivity (Wildman–Crippen MR) is 106 cm³/mol. The molecule has 3 atom stereocenters. The van der Waals surface area contributed by atoms with Crippen molar-refractivity contribution in [1.29, 1.82) is 5.26 Å². The fraction of sp³-hybridized carbons (Fsp3) is 0.304. The third kappa shape index (κ3) is 3.82. The molecule has 3 unspecified atom stereocenters.